The van der Waals surface area contributed by atoms with E-state index in [1.807, 2.05) is 0 Å². The van der Waals surface area contributed by atoms with Crippen molar-refractivity contribution in [3.8, 4) is 0 Å². The Hall–Kier alpha value is -2.66. The van der Waals surface area contributed by atoms with E-state index in [1.54, 1.807) is 0 Å². The van der Waals surface area contributed by atoms with Gasteiger partial charge in [0.2, 0.25) is 0 Å². The van der Waals surface area contributed by atoms with Crippen LogP contribution in [0.3, 0.4) is 0 Å². The molecule has 1 amide bonds. The number of rotatable bonds is 5. The van der Waals surface area contributed by atoms with E-state index in [0.29, 0.717) is 0 Å². The van der Waals surface area contributed by atoms with E-state index in [1.165, 1.54) is 0 Å². The van der Waals surface area contributed by atoms with Gasteiger partial charge in [-0.2, -0.15) is 0 Å². The van der Waals surface area contributed by atoms with Gasteiger partial charge in [0, 0.05) is 59.0 Å². The fourth-order valence-electron chi connectivity index (χ4n) is 2.57. The Morgan fingerprint density at radius 2 is 2.06 bits per heavy atom. The summed E-state index contributed by atoms with van der Waals surface area (Å²) in [6.07, 6.45) is -14.9. The molecular formula is C23H28BrN5O4S. The second-order valence-electron chi connectivity index (χ2n) is 6.48. The predicted molar refractivity (Wildman–Crippen MR) is 134 cm³/mol. The fourth-order valence-corrected chi connectivity index (χ4v) is 4.34. The third kappa shape index (κ3) is 4.63. The number of piperidine rings is 1. The van der Waals surface area contributed by atoms with Gasteiger partial charge in [0.05, 0.1) is 18.5 Å². The quantitative estimate of drug-likeness (QED) is 0.481. The van der Waals surface area contributed by atoms with Gasteiger partial charge in [-0.25, -0.2) is 27.2 Å². The van der Waals surface area contributed by atoms with Crippen LogP contribution >= 0.6 is 15.9 Å². The molecule has 0 bridgehead atoms. The summed E-state index contributed by atoms with van der Waals surface area (Å²) in [6.45, 7) is -21.8. The maximum Gasteiger partial charge on any atom is 0.407 e. The van der Waals surface area contributed by atoms with E-state index in [2.05, 4.69) is 25.9 Å². The van der Waals surface area contributed by atoms with Crippen molar-refractivity contribution >= 4 is 48.9 Å². The summed E-state index contributed by atoms with van der Waals surface area (Å²) in [5.41, 5.74) is -5.19. The SMILES string of the molecule is [2H]c1nc(N2C([2H])([2H])C([2H])([2H])C([2H])(C([2H])([2H])N(C(=O)O)C(C)(C([2H])([2H])[2H])C([2H])([2H])[2H])C([2H])([2H])C2([2H])[2H])c2c(Br)c([2H])n(S(=O)(=O)c3c([2H])c([2H])c([2H])c([2H])c3[2H])c2n1. The third-order valence-corrected chi connectivity index (χ3v) is 6.04. The van der Waals surface area contributed by atoms with Crippen LogP contribution in [0.2, 0.25) is 0 Å². The molecular weight excluding hydrogens is 522 g/mol. The Kier molecular flexibility index (Phi) is 2.29. The van der Waals surface area contributed by atoms with Crippen LogP contribution in [-0.4, -0.2) is 63.5 Å². The van der Waals surface area contributed by atoms with Crippen molar-refractivity contribution in [2.24, 2.45) is 5.89 Å². The largest absolute Gasteiger partial charge is 0.465 e. The Bertz CT molecular complexity index is 2290. The highest BCUT2D eigenvalue weighted by Crippen LogP contribution is 2.35. The van der Waals surface area contributed by atoms with Crippen LogP contribution in [0.1, 0.15) is 66.3 Å². The normalized spacial score (nSPS) is 33.9. The number of hydrogen-bond acceptors (Lipinski definition) is 6. The van der Waals surface area contributed by atoms with Gasteiger partial charge in [-0.1, -0.05) is 18.1 Å². The number of benzene rings is 1. The van der Waals surface area contributed by atoms with Crippen molar-refractivity contribution in [3.05, 3.63) is 47.2 Å². The van der Waals surface area contributed by atoms with Gasteiger partial charge in [0.1, 0.15) is 13.5 Å². The van der Waals surface area contributed by atoms with Crippen molar-refractivity contribution in [1.82, 2.24) is 18.8 Å². The number of aromatic nitrogens is 3. The first-order valence-electron chi connectivity index (χ1n) is 20.8. The summed E-state index contributed by atoms with van der Waals surface area (Å²) in [6, 6.07) is -5.99. The van der Waals surface area contributed by atoms with Crippen molar-refractivity contribution in [1.29, 1.82) is 0 Å². The molecule has 9 nitrogen and oxygen atoms in total. The van der Waals surface area contributed by atoms with Crippen molar-refractivity contribution in [2.75, 3.05) is 24.4 Å². The Morgan fingerprint density at radius 1 is 1.38 bits per heavy atom. The van der Waals surface area contributed by atoms with Crippen LogP contribution in [0.4, 0.5) is 10.6 Å². The van der Waals surface area contributed by atoms with Crippen molar-refractivity contribution in [2.45, 2.75) is 43.8 Å². The molecule has 1 fully saturated rings. The minimum atomic E-state index is -5.62. The number of halogens is 1. The number of carboxylic acid groups (broad SMARTS) is 1. The molecule has 4 rings (SSSR count). The first-order chi connectivity index (χ1) is 25.6. The average Bonchev–Trinajstić information content (AvgIpc) is 3.29. The van der Waals surface area contributed by atoms with Gasteiger partial charge in [0.15, 0.2) is 5.65 Å². The predicted octanol–water partition coefficient (Wildman–Crippen LogP) is 4.43. The first-order valence-corrected chi connectivity index (χ1v) is 11.0. The highest BCUT2D eigenvalue weighted by molar-refractivity contribution is 9.10. The molecule has 1 aliphatic heterocycles. The highest BCUT2D eigenvalue weighted by Gasteiger charge is 2.32. The van der Waals surface area contributed by atoms with Gasteiger partial charge in [0.25, 0.3) is 10.0 Å². The first kappa shape index (κ1) is 8.48. The van der Waals surface area contributed by atoms with Crippen LogP contribution in [0.5, 0.6) is 0 Å². The molecule has 0 spiro atoms. The second kappa shape index (κ2) is 9.18. The standard InChI is InChI=1S/C23H28BrN5O4S/c1-23(2,3)28(22(30)31)13-16-9-11-27(12-10-16)20-19-18(24)14-29(21(19)26-15-25-20)34(32,33)17-7-5-4-6-8-17/h4-8,14-16H,9-13H2,1-3H3,(H,30,31)/i1D3,2D3,4D,5D,6D,7D,8D,9D2,10D2,11D2,12D2,13D2,14D,15D,16D. The van der Waals surface area contributed by atoms with Crippen molar-refractivity contribution in [3.63, 3.8) is 0 Å². The van der Waals surface area contributed by atoms with Crippen LogP contribution < -0.4 is 4.90 Å². The molecule has 0 saturated carbocycles. The number of anilines is 1. The molecule has 2 aromatic heterocycles. The lowest BCUT2D eigenvalue weighted by Crippen LogP contribution is -2.49. The maximum atomic E-state index is 14.1. The summed E-state index contributed by atoms with van der Waals surface area (Å²) in [7, 11) is -5.62. The molecule has 11 heteroatoms. The summed E-state index contributed by atoms with van der Waals surface area (Å²) < 4.78 is 229. The topological polar surface area (TPSA) is 109 Å². The van der Waals surface area contributed by atoms with Gasteiger partial charge < -0.3 is 14.9 Å². The monoisotopic (exact) mass is 573 g/mol. The molecule has 0 radical (unpaired) electrons. The number of carbonyl (C=O) groups is 1. The minimum Gasteiger partial charge on any atom is -0.465 e. The van der Waals surface area contributed by atoms with Gasteiger partial charge in [-0.15, -0.1) is 0 Å². The highest BCUT2D eigenvalue weighted by atomic mass is 79.9. The van der Waals surface area contributed by atoms with E-state index < -0.39 is 152 Å². The maximum absolute atomic E-state index is 14.1. The summed E-state index contributed by atoms with van der Waals surface area (Å²) in [5, 5.41) is 9.12. The van der Waals surface area contributed by atoms with E-state index in [0.717, 1.165) is 0 Å². The Balaban J connectivity index is 2.18. The lowest BCUT2D eigenvalue weighted by Gasteiger charge is -2.39. The number of fused-ring (bicyclic) bond motifs is 1. The molecule has 34 heavy (non-hydrogen) atoms. The average molecular weight is 575 g/mol. The molecule has 1 saturated heterocycles. The molecule has 3 heterocycles. The van der Waals surface area contributed by atoms with Gasteiger partial charge >= 0.3 is 6.09 Å². The van der Waals surface area contributed by atoms with Gasteiger partial charge in [-0.3, -0.25) is 0 Å². The zero-order valence-corrected chi connectivity index (χ0v) is 19.1. The molecule has 0 atom stereocenters. The molecule has 0 unspecified atom stereocenters. The lowest BCUT2D eigenvalue weighted by atomic mass is 9.94. The molecule has 182 valence electrons. The molecule has 0 aliphatic carbocycles. The van der Waals surface area contributed by atoms with E-state index in [-0.39, 0.29) is 10.9 Å². The lowest BCUT2D eigenvalue weighted by molar-refractivity contribution is 0.0852. The van der Waals surface area contributed by atoms with E-state index >= 15 is 0 Å². The van der Waals surface area contributed by atoms with Crippen LogP contribution in [0.15, 0.2) is 52.1 Å². The summed E-state index contributed by atoms with van der Waals surface area (Å²) in [5.74, 6) is -6.36. The van der Waals surface area contributed by atoms with E-state index in [9.17, 15) is 18.3 Å². The molecule has 3 aromatic rings. The zero-order chi connectivity index (χ0) is 45.7. The zero-order valence-electron chi connectivity index (χ0n) is 40.7. The summed E-state index contributed by atoms with van der Waals surface area (Å²) in [4.78, 5) is 16.7. The Labute approximate surface area is 241 Å². The number of hydrogen-bond donors (Lipinski definition) is 1. The number of amides is 1. The number of nitrogens with zero attached hydrogens (tertiary/aromatic N) is 5. The smallest absolute Gasteiger partial charge is 0.407 e. The second-order valence-corrected chi connectivity index (χ2v) is 9.00. The third-order valence-electron chi connectivity index (χ3n) is 4.01. The molecule has 1 aromatic carbocycles. The van der Waals surface area contributed by atoms with E-state index in [4.69, 9.17) is 32.9 Å². The van der Waals surface area contributed by atoms with Crippen molar-refractivity contribution < 1.29 is 51.2 Å². The molecule has 1 N–H and O–H groups in total. The summed E-state index contributed by atoms with van der Waals surface area (Å²) >= 11 is 2.82. The van der Waals surface area contributed by atoms with Crippen LogP contribution in [0, 0.1) is 5.89 Å². The Morgan fingerprint density at radius 3 is 2.68 bits per heavy atom. The van der Waals surface area contributed by atoms with Crippen LogP contribution in [0.25, 0.3) is 11.0 Å². The molecule has 1 aliphatic rings. The minimum absolute atomic E-state index is 0.148. The van der Waals surface area contributed by atoms with Gasteiger partial charge in [-0.05, 0) is 67.3 Å². The van der Waals surface area contributed by atoms with Crippen LogP contribution in [-0.2, 0) is 10.0 Å². The fraction of sp³-hybridized carbons (Fsp3) is 0.435.